The first-order valence-electron chi connectivity index (χ1n) is 6.33. The molecule has 7 heteroatoms. The van der Waals surface area contributed by atoms with Crippen LogP contribution in [0.15, 0.2) is 23.1 Å². The summed E-state index contributed by atoms with van der Waals surface area (Å²) in [5.74, 6) is -0.721. The summed E-state index contributed by atoms with van der Waals surface area (Å²) in [6, 6.07) is 4.15. The number of benzene rings is 1. The molecule has 0 aliphatic rings. The first-order valence-corrected chi connectivity index (χ1v) is 7.77. The molecular weight excluding hydrogens is 281 g/mol. The van der Waals surface area contributed by atoms with E-state index in [-0.39, 0.29) is 4.90 Å². The van der Waals surface area contributed by atoms with E-state index in [4.69, 9.17) is 0 Å². The van der Waals surface area contributed by atoms with Crippen molar-refractivity contribution in [3.63, 3.8) is 0 Å². The summed E-state index contributed by atoms with van der Waals surface area (Å²) < 4.78 is 39.7. The van der Waals surface area contributed by atoms with Crippen LogP contribution in [0.2, 0.25) is 0 Å². The van der Waals surface area contributed by atoms with E-state index in [1.807, 2.05) is 19.0 Å². The van der Waals surface area contributed by atoms with Gasteiger partial charge in [0.05, 0.1) is 0 Å². The summed E-state index contributed by atoms with van der Waals surface area (Å²) in [7, 11) is 3.12. The maximum atomic E-state index is 13.8. The summed E-state index contributed by atoms with van der Waals surface area (Å²) >= 11 is 0. The molecule has 0 aliphatic carbocycles. The average Bonchev–Trinajstić information content (AvgIpc) is 2.38. The van der Waals surface area contributed by atoms with E-state index in [0.29, 0.717) is 19.6 Å². The fourth-order valence-electron chi connectivity index (χ4n) is 1.69. The van der Waals surface area contributed by atoms with Crippen molar-refractivity contribution < 1.29 is 12.8 Å². The topological polar surface area (TPSA) is 52.7 Å². The lowest BCUT2D eigenvalue weighted by Gasteiger charge is -2.20. The summed E-state index contributed by atoms with van der Waals surface area (Å²) in [5, 5.41) is 2.91. The van der Waals surface area contributed by atoms with Gasteiger partial charge in [0, 0.05) is 26.7 Å². The number of hydrogen-bond acceptors (Lipinski definition) is 4. The molecule has 114 valence electrons. The molecule has 0 heterocycles. The Balaban J connectivity index is 3.04. The van der Waals surface area contributed by atoms with Crippen LogP contribution in [0.1, 0.15) is 5.56 Å². The van der Waals surface area contributed by atoms with Gasteiger partial charge in [0.1, 0.15) is 10.7 Å². The third kappa shape index (κ3) is 4.24. The van der Waals surface area contributed by atoms with Gasteiger partial charge in [0.15, 0.2) is 0 Å². The van der Waals surface area contributed by atoms with E-state index in [2.05, 4.69) is 5.32 Å². The van der Waals surface area contributed by atoms with Crippen molar-refractivity contribution in [3.8, 4) is 0 Å². The molecule has 1 aromatic carbocycles. The fourth-order valence-corrected chi connectivity index (χ4v) is 2.96. The molecule has 0 unspecified atom stereocenters. The van der Waals surface area contributed by atoms with Crippen LogP contribution in [0.3, 0.4) is 0 Å². The number of nitrogens with zero attached hydrogens (tertiary/aromatic N) is 2. The zero-order valence-electron chi connectivity index (χ0n) is 12.4. The average molecular weight is 303 g/mol. The van der Waals surface area contributed by atoms with E-state index in [9.17, 15) is 12.8 Å². The Morgan fingerprint density at radius 1 is 1.20 bits per heavy atom. The predicted octanol–water partition coefficient (Wildman–Crippen LogP) is 0.727. The minimum absolute atomic E-state index is 0.272. The summed E-state index contributed by atoms with van der Waals surface area (Å²) in [5.41, 5.74) is 0.730. The maximum Gasteiger partial charge on any atom is 0.245 e. The minimum Gasteiger partial charge on any atom is -0.316 e. The SMILES string of the molecule is CNCc1ccc(F)c(S(=O)(=O)N(C)CCN(C)C)c1. The molecule has 0 saturated carbocycles. The molecule has 0 amide bonds. The molecule has 0 fully saturated rings. The largest absolute Gasteiger partial charge is 0.316 e. The van der Waals surface area contributed by atoms with Gasteiger partial charge in [-0.3, -0.25) is 0 Å². The van der Waals surface area contributed by atoms with Gasteiger partial charge < -0.3 is 10.2 Å². The lowest BCUT2D eigenvalue weighted by Crippen LogP contribution is -2.34. The van der Waals surface area contributed by atoms with E-state index < -0.39 is 15.8 Å². The quantitative estimate of drug-likeness (QED) is 0.807. The molecule has 0 radical (unpaired) electrons. The molecule has 0 aliphatic heterocycles. The molecule has 0 spiro atoms. The van der Waals surface area contributed by atoms with Crippen molar-refractivity contribution in [3.05, 3.63) is 29.6 Å². The van der Waals surface area contributed by atoms with Crippen molar-refractivity contribution in [2.45, 2.75) is 11.4 Å². The summed E-state index contributed by atoms with van der Waals surface area (Å²) in [4.78, 5) is 1.60. The van der Waals surface area contributed by atoms with E-state index in [1.54, 1.807) is 13.1 Å². The van der Waals surface area contributed by atoms with Crippen molar-refractivity contribution >= 4 is 10.0 Å². The van der Waals surface area contributed by atoms with E-state index in [0.717, 1.165) is 5.56 Å². The van der Waals surface area contributed by atoms with Crippen LogP contribution in [0, 0.1) is 5.82 Å². The van der Waals surface area contributed by atoms with Crippen molar-refractivity contribution in [1.82, 2.24) is 14.5 Å². The van der Waals surface area contributed by atoms with E-state index in [1.165, 1.54) is 23.5 Å². The normalized spacial score (nSPS) is 12.3. The predicted molar refractivity (Wildman–Crippen MR) is 77.5 cm³/mol. The third-order valence-electron chi connectivity index (χ3n) is 2.93. The van der Waals surface area contributed by atoms with Crippen LogP contribution in [0.25, 0.3) is 0 Å². The second-order valence-electron chi connectivity index (χ2n) is 4.92. The van der Waals surface area contributed by atoms with Crippen LogP contribution in [0.4, 0.5) is 4.39 Å². The molecule has 0 bridgehead atoms. The highest BCUT2D eigenvalue weighted by Gasteiger charge is 2.24. The molecule has 1 aromatic rings. The smallest absolute Gasteiger partial charge is 0.245 e. The van der Waals surface area contributed by atoms with Gasteiger partial charge in [-0.2, -0.15) is 4.31 Å². The number of nitrogens with one attached hydrogen (secondary N) is 1. The minimum atomic E-state index is -3.80. The Hall–Kier alpha value is -1.02. The third-order valence-corrected chi connectivity index (χ3v) is 4.80. The fraction of sp³-hybridized carbons (Fsp3) is 0.538. The van der Waals surface area contributed by atoms with Crippen molar-refractivity contribution in [2.75, 3.05) is 41.3 Å². The lowest BCUT2D eigenvalue weighted by molar-refractivity contribution is 0.357. The van der Waals surface area contributed by atoms with Gasteiger partial charge in [-0.15, -0.1) is 0 Å². The standard InChI is InChI=1S/C13H22FN3O2S/c1-15-10-11-5-6-12(14)13(9-11)20(18,19)17(4)8-7-16(2)3/h5-6,9,15H,7-8,10H2,1-4H3. The highest BCUT2D eigenvalue weighted by atomic mass is 32.2. The molecule has 0 atom stereocenters. The Labute approximate surface area is 120 Å². The number of hydrogen-bond donors (Lipinski definition) is 1. The second-order valence-corrected chi connectivity index (χ2v) is 6.94. The molecule has 1 rings (SSSR count). The molecular formula is C13H22FN3O2S. The monoisotopic (exact) mass is 303 g/mol. The van der Waals surface area contributed by atoms with Gasteiger partial charge in [0.2, 0.25) is 10.0 Å². The highest BCUT2D eigenvalue weighted by Crippen LogP contribution is 2.20. The van der Waals surface area contributed by atoms with Crippen molar-refractivity contribution in [2.24, 2.45) is 0 Å². The zero-order valence-corrected chi connectivity index (χ0v) is 13.2. The van der Waals surface area contributed by atoms with Crippen molar-refractivity contribution in [1.29, 1.82) is 0 Å². The van der Waals surface area contributed by atoms with Gasteiger partial charge in [-0.25, -0.2) is 12.8 Å². The molecule has 0 aromatic heterocycles. The van der Waals surface area contributed by atoms with Gasteiger partial charge in [0.25, 0.3) is 0 Å². The van der Waals surface area contributed by atoms with Gasteiger partial charge in [-0.05, 0) is 38.8 Å². The van der Waals surface area contributed by atoms with Gasteiger partial charge in [-0.1, -0.05) is 6.07 Å². The Morgan fingerprint density at radius 2 is 1.85 bits per heavy atom. The first kappa shape index (κ1) is 17.0. The number of likely N-dealkylation sites (N-methyl/N-ethyl adjacent to an activating group) is 2. The van der Waals surface area contributed by atoms with Crippen LogP contribution in [-0.2, 0) is 16.6 Å². The number of rotatable bonds is 7. The summed E-state index contributed by atoms with van der Waals surface area (Å²) in [6.07, 6.45) is 0. The summed E-state index contributed by atoms with van der Waals surface area (Å²) in [6.45, 7) is 1.38. The Bertz CT molecular complexity index is 547. The van der Waals surface area contributed by atoms with Crippen LogP contribution < -0.4 is 5.32 Å². The number of sulfonamides is 1. The molecule has 20 heavy (non-hydrogen) atoms. The Morgan fingerprint density at radius 3 is 2.40 bits per heavy atom. The van der Waals surface area contributed by atoms with Gasteiger partial charge >= 0.3 is 0 Å². The van der Waals surface area contributed by atoms with Crippen LogP contribution in [0.5, 0.6) is 0 Å². The number of halogens is 1. The van der Waals surface area contributed by atoms with Crippen LogP contribution in [-0.4, -0.2) is 58.9 Å². The second kappa shape index (κ2) is 7.12. The maximum absolute atomic E-state index is 13.8. The zero-order chi connectivity index (χ0) is 15.3. The first-order chi connectivity index (χ1) is 9.28. The Kier molecular flexibility index (Phi) is 6.07. The van der Waals surface area contributed by atoms with Crippen LogP contribution >= 0.6 is 0 Å². The van der Waals surface area contributed by atoms with E-state index >= 15 is 0 Å². The molecule has 0 saturated heterocycles. The molecule has 5 nitrogen and oxygen atoms in total. The molecule has 1 N–H and O–H groups in total. The highest BCUT2D eigenvalue weighted by molar-refractivity contribution is 7.89. The lowest BCUT2D eigenvalue weighted by atomic mass is 10.2.